The molecule has 0 bridgehead atoms. The zero-order chi connectivity index (χ0) is 13.4. The number of aryl methyl sites for hydroxylation is 2. The van der Waals surface area contributed by atoms with Crippen molar-refractivity contribution in [3.63, 3.8) is 0 Å². The second-order valence-corrected chi connectivity index (χ2v) is 4.46. The lowest BCUT2D eigenvalue weighted by Gasteiger charge is -2.06. The van der Waals surface area contributed by atoms with E-state index in [1.54, 1.807) is 0 Å². The number of rotatable bonds is 6. The Bertz CT molecular complexity index is 453. The number of allylic oxidation sites excluding steroid dienone is 2. The minimum atomic E-state index is 1.01. The molecule has 96 valence electrons. The summed E-state index contributed by atoms with van der Waals surface area (Å²) in [5.74, 6) is 0. The van der Waals surface area contributed by atoms with Gasteiger partial charge in [0.1, 0.15) is 0 Å². The van der Waals surface area contributed by atoms with Crippen LogP contribution in [0.5, 0.6) is 0 Å². The minimum Gasteiger partial charge on any atom is -0.269 e. The summed E-state index contributed by atoms with van der Waals surface area (Å²) in [4.78, 5) is 4.22. The molecule has 1 aromatic rings. The van der Waals surface area contributed by atoms with E-state index in [0.29, 0.717) is 0 Å². The van der Waals surface area contributed by atoms with Gasteiger partial charge < -0.3 is 0 Å². The van der Waals surface area contributed by atoms with Gasteiger partial charge in [0.15, 0.2) is 0 Å². The first-order chi connectivity index (χ1) is 8.69. The van der Waals surface area contributed by atoms with E-state index in [2.05, 4.69) is 50.5 Å². The van der Waals surface area contributed by atoms with Gasteiger partial charge in [-0.25, -0.2) is 0 Å². The molecule has 0 aliphatic rings. The fourth-order valence-corrected chi connectivity index (χ4v) is 1.79. The fraction of sp³-hybridized carbons (Fsp3) is 0.353. The zero-order valence-electron chi connectivity index (χ0n) is 11.7. The Labute approximate surface area is 111 Å². The normalized spacial score (nSPS) is 11.5. The molecule has 1 rings (SSSR count). The molecule has 0 saturated carbocycles. The summed E-state index contributed by atoms with van der Waals surface area (Å²) >= 11 is 0. The van der Waals surface area contributed by atoms with Crippen molar-refractivity contribution in [3.05, 3.63) is 53.7 Å². The van der Waals surface area contributed by atoms with Crippen molar-refractivity contribution in [2.45, 2.75) is 40.0 Å². The Kier molecular flexibility index (Phi) is 6.13. The molecule has 0 N–H and O–H groups in total. The molecule has 0 radical (unpaired) electrons. The lowest BCUT2D eigenvalue weighted by molar-refractivity contribution is 1.01. The molecule has 1 nitrogen and oxygen atoms in total. The summed E-state index contributed by atoms with van der Waals surface area (Å²) in [6, 6.07) is 6.51. The van der Waals surface area contributed by atoms with E-state index in [9.17, 15) is 0 Å². The molecule has 0 aliphatic heterocycles. The predicted molar refractivity (Wildman–Crippen MR) is 82.1 cm³/mol. The first-order valence-corrected chi connectivity index (χ1v) is 6.66. The van der Waals surface area contributed by atoms with Crippen LogP contribution in [0.15, 0.2) is 42.0 Å². The molecule has 0 amide bonds. The SMILES string of the molecule is C=C(C=CN=CCCC)c1ccc(CC)c(C)c1. The van der Waals surface area contributed by atoms with Crippen LogP contribution in [0.1, 0.15) is 43.4 Å². The molecule has 0 fully saturated rings. The van der Waals surface area contributed by atoms with Crippen LogP contribution in [-0.2, 0) is 6.42 Å². The Morgan fingerprint density at radius 1 is 1.33 bits per heavy atom. The van der Waals surface area contributed by atoms with E-state index >= 15 is 0 Å². The van der Waals surface area contributed by atoms with Crippen LogP contribution in [0.25, 0.3) is 5.57 Å². The molecule has 0 saturated heterocycles. The first-order valence-electron chi connectivity index (χ1n) is 6.66. The third-order valence-corrected chi connectivity index (χ3v) is 2.98. The number of hydrogen-bond donors (Lipinski definition) is 0. The number of unbranched alkanes of at least 4 members (excludes halogenated alkanes) is 1. The van der Waals surface area contributed by atoms with Crippen LogP contribution in [0, 0.1) is 6.92 Å². The molecule has 0 unspecified atom stereocenters. The molecule has 1 aromatic carbocycles. The van der Waals surface area contributed by atoms with Gasteiger partial charge >= 0.3 is 0 Å². The van der Waals surface area contributed by atoms with Crippen molar-refractivity contribution in [3.8, 4) is 0 Å². The summed E-state index contributed by atoms with van der Waals surface area (Å²) in [6.07, 6.45) is 8.97. The summed E-state index contributed by atoms with van der Waals surface area (Å²) < 4.78 is 0. The maximum atomic E-state index is 4.22. The number of nitrogens with zero attached hydrogens (tertiary/aromatic N) is 1. The highest BCUT2D eigenvalue weighted by molar-refractivity contribution is 5.73. The van der Waals surface area contributed by atoms with Gasteiger partial charge in [0, 0.05) is 12.4 Å². The van der Waals surface area contributed by atoms with Crippen molar-refractivity contribution < 1.29 is 0 Å². The molecule has 0 aliphatic carbocycles. The fourth-order valence-electron chi connectivity index (χ4n) is 1.79. The van der Waals surface area contributed by atoms with Crippen LogP contribution in [0.4, 0.5) is 0 Å². The Hall–Kier alpha value is -1.63. The third kappa shape index (κ3) is 4.33. The Morgan fingerprint density at radius 3 is 2.72 bits per heavy atom. The van der Waals surface area contributed by atoms with Gasteiger partial charge in [-0.3, -0.25) is 4.99 Å². The largest absolute Gasteiger partial charge is 0.269 e. The quantitative estimate of drug-likeness (QED) is 0.493. The standard InChI is InChI=1S/C17H23N/c1-5-7-11-18-12-10-14(3)17-9-8-16(6-2)15(4)13-17/h8-13H,3,5-7H2,1-2,4H3. The van der Waals surface area contributed by atoms with Crippen molar-refractivity contribution >= 4 is 11.8 Å². The smallest absolute Gasteiger partial charge is 0.0269 e. The van der Waals surface area contributed by atoms with Gasteiger partial charge in [-0.1, -0.05) is 45.0 Å². The maximum Gasteiger partial charge on any atom is 0.0269 e. The number of aliphatic imine (C=N–C) groups is 1. The highest BCUT2D eigenvalue weighted by atomic mass is 14.7. The Morgan fingerprint density at radius 2 is 2.11 bits per heavy atom. The molecular formula is C17H23N. The Balaban J connectivity index is 2.70. The van der Waals surface area contributed by atoms with Gasteiger partial charge in [0.05, 0.1) is 0 Å². The van der Waals surface area contributed by atoms with E-state index < -0.39 is 0 Å². The molecule has 1 heteroatoms. The second kappa shape index (κ2) is 7.65. The zero-order valence-corrected chi connectivity index (χ0v) is 11.7. The van der Waals surface area contributed by atoms with Gasteiger partial charge in [-0.15, -0.1) is 0 Å². The van der Waals surface area contributed by atoms with Crippen LogP contribution in [0.2, 0.25) is 0 Å². The lowest BCUT2D eigenvalue weighted by atomic mass is 9.99. The molecule has 18 heavy (non-hydrogen) atoms. The van der Waals surface area contributed by atoms with E-state index in [1.165, 1.54) is 16.7 Å². The van der Waals surface area contributed by atoms with Crippen molar-refractivity contribution in [2.75, 3.05) is 0 Å². The molecule has 0 spiro atoms. The summed E-state index contributed by atoms with van der Waals surface area (Å²) in [6.45, 7) is 10.6. The van der Waals surface area contributed by atoms with Crippen molar-refractivity contribution in [2.24, 2.45) is 4.99 Å². The lowest BCUT2D eigenvalue weighted by Crippen LogP contribution is -1.88. The minimum absolute atomic E-state index is 1.01. The van der Waals surface area contributed by atoms with E-state index in [4.69, 9.17) is 0 Å². The van der Waals surface area contributed by atoms with E-state index in [1.807, 2.05) is 18.5 Å². The number of hydrogen-bond acceptors (Lipinski definition) is 1. The summed E-state index contributed by atoms with van der Waals surface area (Å²) in [5, 5.41) is 0. The van der Waals surface area contributed by atoms with Crippen molar-refractivity contribution in [1.82, 2.24) is 0 Å². The summed E-state index contributed by atoms with van der Waals surface area (Å²) in [7, 11) is 0. The molecule has 0 atom stereocenters. The summed E-state index contributed by atoms with van der Waals surface area (Å²) in [5.41, 5.74) is 4.91. The van der Waals surface area contributed by atoms with Crippen LogP contribution < -0.4 is 0 Å². The van der Waals surface area contributed by atoms with Gasteiger partial charge in [0.2, 0.25) is 0 Å². The first kappa shape index (κ1) is 14.4. The van der Waals surface area contributed by atoms with Gasteiger partial charge in [-0.2, -0.15) is 0 Å². The molecule has 0 heterocycles. The monoisotopic (exact) mass is 241 g/mol. The van der Waals surface area contributed by atoms with Crippen LogP contribution in [0.3, 0.4) is 0 Å². The van der Waals surface area contributed by atoms with E-state index in [-0.39, 0.29) is 0 Å². The van der Waals surface area contributed by atoms with Gasteiger partial charge in [-0.05, 0) is 48.1 Å². The average molecular weight is 241 g/mol. The third-order valence-electron chi connectivity index (χ3n) is 2.98. The second-order valence-electron chi connectivity index (χ2n) is 4.46. The maximum absolute atomic E-state index is 4.22. The van der Waals surface area contributed by atoms with Gasteiger partial charge in [0.25, 0.3) is 0 Å². The van der Waals surface area contributed by atoms with E-state index in [0.717, 1.165) is 24.8 Å². The highest BCUT2D eigenvalue weighted by Gasteiger charge is 1.99. The number of benzene rings is 1. The molecular weight excluding hydrogens is 218 g/mol. The highest BCUT2D eigenvalue weighted by Crippen LogP contribution is 2.18. The average Bonchev–Trinajstić information content (AvgIpc) is 2.38. The topological polar surface area (TPSA) is 12.4 Å². The van der Waals surface area contributed by atoms with Crippen LogP contribution in [-0.4, -0.2) is 6.21 Å². The van der Waals surface area contributed by atoms with Crippen LogP contribution >= 0.6 is 0 Å². The van der Waals surface area contributed by atoms with Crippen molar-refractivity contribution in [1.29, 1.82) is 0 Å². The predicted octanol–water partition coefficient (Wildman–Crippen LogP) is 4.96. The molecule has 0 aromatic heterocycles.